The highest BCUT2D eigenvalue weighted by molar-refractivity contribution is 5.59. The molecule has 0 aliphatic heterocycles. The molecule has 16 heavy (non-hydrogen) atoms. The van der Waals surface area contributed by atoms with Crippen LogP contribution in [-0.2, 0) is 0 Å². The van der Waals surface area contributed by atoms with Gasteiger partial charge >= 0.3 is 0 Å². The molecule has 2 rings (SSSR count). The molecule has 2 aromatic rings. The Kier molecular flexibility index (Phi) is 2.72. The minimum atomic E-state index is 0.487. The number of aromatic nitrogens is 2. The van der Waals surface area contributed by atoms with Crippen LogP contribution in [0.4, 0.5) is 0 Å². The summed E-state index contributed by atoms with van der Waals surface area (Å²) in [6.45, 7) is 5.59. The summed E-state index contributed by atoms with van der Waals surface area (Å²) in [7, 11) is 1.63. The lowest BCUT2D eigenvalue weighted by atomic mass is 10.2. The van der Waals surface area contributed by atoms with Crippen molar-refractivity contribution < 1.29 is 9.26 Å². The van der Waals surface area contributed by atoms with Crippen LogP contribution in [-0.4, -0.2) is 17.3 Å². The summed E-state index contributed by atoms with van der Waals surface area (Å²) in [6.07, 6.45) is 0. The van der Waals surface area contributed by atoms with Gasteiger partial charge in [-0.05, 0) is 36.8 Å². The predicted octanol–water partition coefficient (Wildman–Crippen LogP) is 2.78. The molecule has 1 aromatic heterocycles. The van der Waals surface area contributed by atoms with Crippen molar-refractivity contribution in [2.24, 2.45) is 0 Å². The molecule has 0 aliphatic carbocycles. The fourth-order valence-electron chi connectivity index (χ4n) is 1.25. The molecule has 1 heterocycles. The van der Waals surface area contributed by atoms with E-state index in [1.807, 2.05) is 31.2 Å². The molecule has 0 unspecified atom stereocenters. The number of nitrogens with zero attached hydrogens (tertiary/aromatic N) is 2. The molecular formula is C12H12N2O2. The lowest BCUT2D eigenvalue weighted by Gasteiger charge is -1.98. The maximum absolute atomic E-state index is 5.12. The Labute approximate surface area is 93.6 Å². The van der Waals surface area contributed by atoms with Crippen LogP contribution in [0.1, 0.15) is 12.7 Å². The molecule has 82 valence electrons. The van der Waals surface area contributed by atoms with Crippen LogP contribution in [0.3, 0.4) is 0 Å². The fraction of sp³-hybridized carbons (Fsp3) is 0.167. The summed E-state index contributed by atoms with van der Waals surface area (Å²) in [5.41, 5.74) is 1.64. The van der Waals surface area contributed by atoms with E-state index in [1.54, 1.807) is 7.11 Å². The largest absolute Gasteiger partial charge is 0.497 e. The smallest absolute Gasteiger partial charge is 0.258 e. The van der Waals surface area contributed by atoms with E-state index in [1.165, 1.54) is 0 Å². The van der Waals surface area contributed by atoms with Gasteiger partial charge in [-0.3, -0.25) is 0 Å². The second-order valence-electron chi connectivity index (χ2n) is 3.43. The number of ether oxygens (including phenoxy) is 1. The van der Waals surface area contributed by atoms with Gasteiger partial charge in [0.1, 0.15) is 5.75 Å². The van der Waals surface area contributed by atoms with E-state index in [0.29, 0.717) is 11.7 Å². The van der Waals surface area contributed by atoms with Crippen LogP contribution < -0.4 is 4.74 Å². The van der Waals surface area contributed by atoms with Gasteiger partial charge in [-0.2, -0.15) is 4.98 Å². The molecule has 0 spiro atoms. The topological polar surface area (TPSA) is 48.2 Å². The summed E-state index contributed by atoms with van der Waals surface area (Å²) in [5.74, 6) is 1.81. The number of rotatable bonds is 3. The maximum Gasteiger partial charge on any atom is 0.258 e. The van der Waals surface area contributed by atoms with Crippen molar-refractivity contribution in [1.82, 2.24) is 10.1 Å². The minimum Gasteiger partial charge on any atom is -0.497 e. The highest BCUT2D eigenvalue weighted by Crippen LogP contribution is 2.21. The zero-order valence-electron chi connectivity index (χ0n) is 9.23. The quantitative estimate of drug-likeness (QED) is 0.791. The third-order valence-electron chi connectivity index (χ3n) is 2.14. The van der Waals surface area contributed by atoms with Gasteiger partial charge in [-0.1, -0.05) is 11.7 Å². The number of hydrogen-bond donors (Lipinski definition) is 0. The highest BCUT2D eigenvalue weighted by Gasteiger charge is 2.08. The predicted molar refractivity (Wildman–Crippen MR) is 61.0 cm³/mol. The summed E-state index contributed by atoms with van der Waals surface area (Å²) in [5, 5.41) is 3.82. The van der Waals surface area contributed by atoms with Crippen molar-refractivity contribution in [3.8, 4) is 17.2 Å². The Morgan fingerprint density at radius 1 is 1.31 bits per heavy atom. The van der Waals surface area contributed by atoms with Crippen molar-refractivity contribution in [3.63, 3.8) is 0 Å². The Bertz CT molecular complexity index is 500. The molecule has 0 saturated heterocycles. The Hall–Kier alpha value is -2.10. The molecule has 4 heteroatoms. The van der Waals surface area contributed by atoms with E-state index >= 15 is 0 Å². The second kappa shape index (κ2) is 4.18. The number of methoxy groups -OCH3 is 1. The lowest BCUT2D eigenvalue weighted by Crippen LogP contribution is -1.83. The van der Waals surface area contributed by atoms with Crippen LogP contribution in [0.15, 0.2) is 35.4 Å². The zero-order chi connectivity index (χ0) is 11.5. The molecular weight excluding hydrogens is 204 g/mol. The van der Waals surface area contributed by atoms with Crippen LogP contribution in [0.25, 0.3) is 17.0 Å². The average molecular weight is 216 g/mol. The second-order valence-corrected chi connectivity index (χ2v) is 3.43. The first kappa shape index (κ1) is 10.4. The molecule has 0 amide bonds. The molecule has 0 aliphatic rings. The van der Waals surface area contributed by atoms with Gasteiger partial charge in [-0.25, -0.2) is 0 Å². The van der Waals surface area contributed by atoms with Gasteiger partial charge in [0.05, 0.1) is 7.11 Å². The lowest BCUT2D eigenvalue weighted by molar-refractivity contribution is 0.414. The van der Waals surface area contributed by atoms with Gasteiger partial charge in [0.25, 0.3) is 5.89 Å². The van der Waals surface area contributed by atoms with Crippen LogP contribution in [0.5, 0.6) is 5.75 Å². The molecule has 0 radical (unpaired) electrons. The van der Waals surface area contributed by atoms with Gasteiger partial charge < -0.3 is 9.26 Å². The van der Waals surface area contributed by atoms with E-state index < -0.39 is 0 Å². The van der Waals surface area contributed by atoms with E-state index in [4.69, 9.17) is 9.26 Å². The molecule has 4 nitrogen and oxygen atoms in total. The van der Waals surface area contributed by atoms with Crippen molar-refractivity contribution in [3.05, 3.63) is 36.7 Å². The van der Waals surface area contributed by atoms with Gasteiger partial charge in [0.15, 0.2) is 5.82 Å². The standard InChI is InChI=1S/C12H12N2O2/c1-8(2)11-13-12(16-14-11)9-4-6-10(15-3)7-5-9/h4-7H,1H2,2-3H3. The molecule has 0 bridgehead atoms. The molecule has 1 aromatic carbocycles. The van der Waals surface area contributed by atoms with Crippen molar-refractivity contribution in [2.75, 3.05) is 7.11 Å². The van der Waals surface area contributed by atoms with Gasteiger partial charge in [0.2, 0.25) is 0 Å². The fourth-order valence-corrected chi connectivity index (χ4v) is 1.25. The monoisotopic (exact) mass is 216 g/mol. The first-order chi connectivity index (χ1) is 7.70. The zero-order valence-corrected chi connectivity index (χ0v) is 9.23. The van der Waals surface area contributed by atoms with E-state index in [-0.39, 0.29) is 0 Å². The van der Waals surface area contributed by atoms with Crippen LogP contribution in [0.2, 0.25) is 0 Å². The molecule has 0 N–H and O–H groups in total. The van der Waals surface area contributed by atoms with E-state index in [9.17, 15) is 0 Å². The molecule has 0 saturated carbocycles. The molecule has 0 fully saturated rings. The SMILES string of the molecule is C=C(C)c1noc(-c2ccc(OC)cc2)n1. The van der Waals surface area contributed by atoms with Crippen molar-refractivity contribution >= 4 is 5.57 Å². The summed E-state index contributed by atoms with van der Waals surface area (Å²) in [4.78, 5) is 4.22. The highest BCUT2D eigenvalue weighted by atomic mass is 16.5. The van der Waals surface area contributed by atoms with Crippen LogP contribution >= 0.6 is 0 Å². The summed E-state index contributed by atoms with van der Waals surface area (Å²) < 4.78 is 10.2. The third kappa shape index (κ3) is 1.95. The number of allylic oxidation sites excluding steroid dienone is 1. The Balaban J connectivity index is 2.31. The van der Waals surface area contributed by atoms with Crippen molar-refractivity contribution in [1.29, 1.82) is 0 Å². The molecule has 0 atom stereocenters. The average Bonchev–Trinajstić information content (AvgIpc) is 2.78. The summed E-state index contributed by atoms with van der Waals surface area (Å²) >= 11 is 0. The van der Waals surface area contributed by atoms with Crippen LogP contribution in [0, 0.1) is 0 Å². The Morgan fingerprint density at radius 2 is 2.00 bits per heavy atom. The third-order valence-corrected chi connectivity index (χ3v) is 2.14. The number of hydrogen-bond acceptors (Lipinski definition) is 4. The minimum absolute atomic E-state index is 0.487. The maximum atomic E-state index is 5.12. The van der Waals surface area contributed by atoms with E-state index in [0.717, 1.165) is 16.9 Å². The first-order valence-electron chi connectivity index (χ1n) is 4.84. The van der Waals surface area contributed by atoms with Gasteiger partial charge in [-0.15, -0.1) is 0 Å². The normalized spacial score (nSPS) is 10.1. The van der Waals surface area contributed by atoms with E-state index in [2.05, 4.69) is 16.7 Å². The van der Waals surface area contributed by atoms with Gasteiger partial charge in [0, 0.05) is 5.56 Å². The number of benzene rings is 1. The Morgan fingerprint density at radius 3 is 2.50 bits per heavy atom. The first-order valence-corrected chi connectivity index (χ1v) is 4.84. The van der Waals surface area contributed by atoms with Crippen molar-refractivity contribution in [2.45, 2.75) is 6.92 Å². The summed E-state index contributed by atoms with van der Waals surface area (Å²) in [6, 6.07) is 7.43.